The number of aromatic amines is 1. The Morgan fingerprint density at radius 1 is 1.22 bits per heavy atom. The van der Waals surface area contributed by atoms with Crippen molar-refractivity contribution in [1.82, 2.24) is 29.5 Å². The Morgan fingerprint density at radius 3 is 2.52 bits per heavy atom. The predicted molar refractivity (Wildman–Crippen MR) is 82.9 cm³/mol. The molecule has 23 heavy (non-hydrogen) atoms. The number of aryl methyl sites for hydroxylation is 1. The van der Waals surface area contributed by atoms with Gasteiger partial charge in [0, 0.05) is 7.05 Å². The molecule has 2 aromatic heterocycles. The number of H-pyrrole nitrogens is 1. The molecule has 3 rings (SSSR count). The summed E-state index contributed by atoms with van der Waals surface area (Å²) < 4.78 is 29.5. The molecule has 8 nitrogen and oxygen atoms in total. The van der Waals surface area contributed by atoms with Gasteiger partial charge < -0.3 is 9.55 Å². The van der Waals surface area contributed by atoms with Gasteiger partial charge in [0.05, 0.1) is 12.5 Å². The van der Waals surface area contributed by atoms with Crippen molar-refractivity contribution < 1.29 is 8.42 Å². The third kappa shape index (κ3) is 3.01. The van der Waals surface area contributed by atoms with Gasteiger partial charge in [-0.2, -0.15) is 4.72 Å². The van der Waals surface area contributed by atoms with Crippen molar-refractivity contribution in [2.45, 2.75) is 18.0 Å². The minimum Gasteiger partial charge on any atom is -0.335 e. The van der Waals surface area contributed by atoms with Gasteiger partial charge in [0.15, 0.2) is 10.9 Å². The van der Waals surface area contributed by atoms with Gasteiger partial charge in [-0.25, -0.2) is 13.4 Å². The second-order valence-corrected chi connectivity index (χ2v) is 6.73. The molecule has 0 radical (unpaired) electrons. The normalized spacial score (nSPS) is 13.1. The standard InChI is InChI=1S/C14H16N6O2S/c1-10-17-18-14(20(10)2)13(11-6-4-3-5-7-11)19-23(21,22)12-8-15-9-16-12/h3-9,13,19H,1-2H3,(H,15,16)/t13-/m0/s1. The number of hydrogen-bond acceptors (Lipinski definition) is 5. The highest BCUT2D eigenvalue weighted by Gasteiger charge is 2.27. The molecule has 0 saturated carbocycles. The maximum atomic E-state index is 12.5. The fraction of sp³-hybridized carbons (Fsp3) is 0.214. The molecule has 1 atom stereocenters. The van der Waals surface area contributed by atoms with Crippen molar-refractivity contribution in [3.63, 3.8) is 0 Å². The molecule has 1 aromatic carbocycles. The van der Waals surface area contributed by atoms with Gasteiger partial charge in [0.2, 0.25) is 0 Å². The maximum absolute atomic E-state index is 12.5. The van der Waals surface area contributed by atoms with Crippen LogP contribution in [-0.2, 0) is 17.1 Å². The summed E-state index contributed by atoms with van der Waals surface area (Å²) in [6.45, 7) is 1.81. The molecule has 9 heteroatoms. The van der Waals surface area contributed by atoms with Gasteiger partial charge in [-0.3, -0.25) is 0 Å². The van der Waals surface area contributed by atoms with Crippen LogP contribution in [0.5, 0.6) is 0 Å². The van der Waals surface area contributed by atoms with Gasteiger partial charge in [-0.15, -0.1) is 10.2 Å². The minimum atomic E-state index is -3.77. The first-order chi connectivity index (χ1) is 11.0. The van der Waals surface area contributed by atoms with E-state index in [4.69, 9.17) is 0 Å². The quantitative estimate of drug-likeness (QED) is 0.722. The summed E-state index contributed by atoms with van der Waals surface area (Å²) in [6, 6.07) is 8.57. The van der Waals surface area contributed by atoms with E-state index in [-0.39, 0.29) is 5.03 Å². The van der Waals surface area contributed by atoms with E-state index in [9.17, 15) is 8.42 Å². The Bertz CT molecular complexity index is 887. The van der Waals surface area contributed by atoms with Crippen molar-refractivity contribution in [1.29, 1.82) is 0 Å². The Balaban J connectivity index is 2.05. The third-order valence-electron chi connectivity index (χ3n) is 3.55. The molecule has 0 amide bonds. The highest BCUT2D eigenvalue weighted by molar-refractivity contribution is 7.89. The number of benzene rings is 1. The lowest BCUT2D eigenvalue weighted by molar-refractivity contribution is 0.559. The van der Waals surface area contributed by atoms with E-state index in [0.29, 0.717) is 11.6 Å². The van der Waals surface area contributed by atoms with Crippen molar-refractivity contribution in [2.75, 3.05) is 0 Å². The summed E-state index contributed by atoms with van der Waals surface area (Å²) in [5, 5.41) is 8.13. The number of aromatic nitrogens is 5. The summed E-state index contributed by atoms with van der Waals surface area (Å²) in [5.74, 6) is 1.21. The summed E-state index contributed by atoms with van der Waals surface area (Å²) in [4.78, 5) is 6.36. The van der Waals surface area contributed by atoms with E-state index in [2.05, 4.69) is 24.9 Å². The first-order valence-electron chi connectivity index (χ1n) is 6.90. The Labute approximate surface area is 133 Å². The van der Waals surface area contributed by atoms with Crippen LogP contribution in [0, 0.1) is 6.92 Å². The highest BCUT2D eigenvalue weighted by Crippen LogP contribution is 2.22. The topological polar surface area (TPSA) is 106 Å². The van der Waals surface area contributed by atoms with Gasteiger partial charge in [-0.05, 0) is 12.5 Å². The average Bonchev–Trinajstić information content (AvgIpc) is 3.19. The van der Waals surface area contributed by atoms with Crippen LogP contribution in [0.1, 0.15) is 23.3 Å². The van der Waals surface area contributed by atoms with E-state index < -0.39 is 16.1 Å². The monoisotopic (exact) mass is 332 g/mol. The number of nitrogens with zero attached hydrogens (tertiary/aromatic N) is 4. The fourth-order valence-corrected chi connectivity index (χ4v) is 3.29. The molecule has 3 aromatic rings. The summed E-state index contributed by atoms with van der Waals surface area (Å²) in [6.07, 6.45) is 2.57. The molecule has 2 heterocycles. The maximum Gasteiger partial charge on any atom is 0.258 e. The van der Waals surface area contributed by atoms with Crippen LogP contribution in [-0.4, -0.2) is 33.2 Å². The van der Waals surface area contributed by atoms with E-state index in [1.165, 1.54) is 12.5 Å². The van der Waals surface area contributed by atoms with Crippen molar-refractivity contribution in [2.24, 2.45) is 7.05 Å². The molecule has 0 saturated heterocycles. The number of sulfonamides is 1. The first-order valence-corrected chi connectivity index (χ1v) is 8.39. The van der Waals surface area contributed by atoms with Crippen LogP contribution in [0.4, 0.5) is 0 Å². The lowest BCUT2D eigenvalue weighted by Gasteiger charge is -2.18. The van der Waals surface area contributed by atoms with Gasteiger partial charge in [0.1, 0.15) is 11.9 Å². The third-order valence-corrected chi connectivity index (χ3v) is 4.90. The number of imidazole rings is 1. The zero-order chi connectivity index (χ0) is 16.4. The molecule has 0 aliphatic rings. The van der Waals surface area contributed by atoms with E-state index in [1.807, 2.05) is 37.3 Å². The summed E-state index contributed by atoms with van der Waals surface area (Å²) >= 11 is 0. The molecular weight excluding hydrogens is 316 g/mol. The Kier molecular flexibility index (Phi) is 3.97. The first kappa shape index (κ1) is 15.4. The van der Waals surface area contributed by atoms with Crippen LogP contribution >= 0.6 is 0 Å². The molecule has 0 unspecified atom stereocenters. The molecule has 120 valence electrons. The zero-order valence-corrected chi connectivity index (χ0v) is 13.4. The Morgan fingerprint density at radius 2 is 1.96 bits per heavy atom. The molecular formula is C14H16N6O2S. The van der Waals surface area contributed by atoms with Crippen molar-refractivity contribution in [3.8, 4) is 0 Å². The van der Waals surface area contributed by atoms with Gasteiger partial charge >= 0.3 is 0 Å². The number of rotatable bonds is 5. The van der Waals surface area contributed by atoms with Crippen molar-refractivity contribution in [3.05, 3.63) is 60.1 Å². The number of hydrogen-bond donors (Lipinski definition) is 2. The molecule has 0 fully saturated rings. The van der Waals surface area contributed by atoms with E-state index >= 15 is 0 Å². The second-order valence-electron chi connectivity index (χ2n) is 5.05. The highest BCUT2D eigenvalue weighted by atomic mass is 32.2. The van der Waals surface area contributed by atoms with Gasteiger partial charge in [-0.1, -0.05) is 30.3 Å². The average molecular weight is 332 g/mol. The predicted octanol–water partition coefficient (Wildman–Crippen LogP) is 0.915. The Hall–Kier alpha value is -2.52. The van der Waals surface area contributed by atoms with Crippen LogP contribution in [0.3, 0.4) is 0 Å². The van der Waals surface area contributed by atoms with E-state index in [0.717, 1.165) is 5.56 Å². The van der Waals surface area contributed by atoms with E-state index in [1.54, 1.807) is 11.6 Å². The summed E-state index contributed by atoms with van der Waals surface area (Å²) in [7, 11) is -1.97. The zero-order valence-electron chi connectivity index (χ0n) is 12.6. The summed E-state index contributed by atoms with van der Waals surface area (Å²) in [5.41, 5.74) is 0.770. The lowest BCUT2D eigenvalue weighted by atomic mass is 10.1. The fourth-order valence-electron chi connectivity index (χ4n) is 2.20. The van der Waals surface area contributed by atoms with Crippen molar-refractivity contribution >= 4 is 10.0 Å². The van der Waals surface area contributed by atoms with Crippen LogP contribution in [0.25, 0.3) is 0 Å². The minimum absolute atomic E-state index is 0.00248. The molecule has 0 aliphatic heterocycles. The second kappa shape index (κ2) is 5.94. The largest absolute Gasteiger partial charge is 0.335 e. The molecule has 0 bridgehead atoms. The van der Waals surface area contributed by atoms with Gasteiger partial charge in [0.25, 0.3) is 10.0 Å². The van der Waals surface area contributed by atoms with Crippen LogP contribution in [0.2, 0.25) is 0 Å². The number of nitrogens with one attached hydrogen (secondary N) is 2. The molecule has 0 spiro atoms. The van der Waals surface area contributed by atoms with Crippen LogP contribution < -0.4 is 4.72 Å². The lowest BCUT2D eigenvalue weighted by Crippen LogP contribution is -2.31. The molecule has 2 N–H and O–H groups in total. The SMILES string of the molecule is Cc1nnc([C@@H](NS(=O)(=O)c2cnc[nH]2)c2ccccc2)n1C. The molecule has 0 aliphatic carbocycles. The van der Waals surface area contributed by atoms with Crippen LogP contribution in [0.15, 0.2) is 47.9 Å². The smallest absolute Gasteiger partial charge is 0.258 e.